The van der Waals surface area contributed by atoms with Crippen LogP contribution in [0.15, 0.2) is 24.4 Å². The fourth-order valence-electron chi connectivity index (χ4n) is 1.71. The van der Waals surface area contributed by atoms with E-state index in [-0.39, 0.29) is 12.4 Å². The van der Waals surface area contributed by atoms with Gasteiger partial charge in [-0.15, -0.1) is 12.4 Å². The highest BCUT2D eigenvalue weighted by Gasteiger charge is 2.03. The summed E-state index contributed by atoms with van der Waals surface area (Å²) in [7, 11) is 0. The summed E-state index contributed by atoms with van der Waals surface area (Å²) >= 11 is 0. The number of rotatable bonds is 3. The van der Waals surface area contributed by atoms with Gasteiger partial charge in [0, 0.05) is 23.6 Å². The van der Waals surface area contributed by atoms with E-state index in [0.29, 0.717) is 6.42 Å². The molecule has 0 atom stereocenters. The molecule has 1 aromatic heterocycles. The highest BCUT2D eigenvalue weighted by Crippen LogP contribution is 2.24. The van der Waals surface area contributed by atoms with Crippen LogP contribution in [0, 0.1) is 11.3 Å². The number of aromatic amines is 1. The minimum atomic E-state index is 0. The van der Waals surface area contributed by atoms with Crippen molar-refractivity contribution in [3.8, 4) is 6.07 Å². The molecule has 0 fully saturated rings. The van der Waals surface area contributed by atoms with Crippen LogP contribution in [0.5, 0.6) is 0 Å². The fraction of sp³-hybridized carbons (Fsp3) is 0.250. The average molecular weight is 236 g/mol. The Hall–Kier alpha value is -1.66. The van der Waals surface area contributed by atoms with Gasteiger partial charge in [-0.05, 0) is 24.6 Å². The number of hydrogen-bond acceptors (Lipinski definition) is 2. The first-order valence-electron chi connectivity index (χ1n) is 5.06. The largest absolute Gasteiger partial charge is 0.384 e. The Balaban J connectivity index is 0.00000128. The second kappa shape index (κ2) is 5.43. The van der Waals surface area contributed by atoms with Gasteiger partial charge in [0.05, 0.1) is 18.2 Å². The third kappa shape index (κ3) is 2.29. The van der Waals surface area contributed by atoms with E-state index in [1.54, 1.807) is 0 Å². The van der Waals surface area contributed by atoms with Gasteiger partial charge in [0.25, 0.3) is 0 Å². The topological polar surface area (TPSA) is 51.6 Å². The minimum Gasteiger partial charge on any atom is -0.384 e. The Labute approximate surface area is 101 Å². The van der Waals surface area contributed by atoms with E-state index >= 15 is 0 Å². The quantitative estimate of drug-likeness (QED) is 0.859. The molecule has 2 N–H and O–H groups in total. The summed E-state index contributed by atoms with van der Waals surface area (Å²) in [6.45, 7) is 2.97. The first kappa shape index (κ1) is 12.4. The monoisotopic (exact) mass is 235 g/mol. The molecule has 84 valence electrons. The van der Waals surface area contributed by atoms with Gasteiger partial charge < -0.3 is 10.3 Å². The van der Waals surface area contributed by atoms with Crippen molar-refractivity contribution in [1.82, 2.24) is 4.98 Å². The smallest absolute Gasteiger partial charge is 0.0669 e. The van der Waals surface area contributed by atoms with Crippen molar-refractivity contribution >= 4 is 29.0 Å². The Morgan fingerprint density at radius 1 is 1.44 bits per heavy atom. The maximum absolute atomic E-state index is 8.64. The zero-order valence-electron chi connectivity index (χ0n) is 9.08. The number of halogens is 1. The molecule has 0 bridgehead atoms. The molecule has 0 aliphatic carbocycles. The number of nitrogens with zero attached hydrogens (tertiary/aromatic N) is 1. The van der Waals surface area contributed by atoms with Gasteiger partial charge in [0.15, 0.2) is 0 Å². The number of hydrogen-bond donors (Lipinski definition) is 2. The number of anilines is 1. The zero-order valence-corrected chi connectivity index (χ0v) is 9.90. The Kier molecular flexibility index (Phi) is 4.21. The molecule has 4 heteroatoms. The van der Waals surface area contributed by atoms with E-state index in [9.17, 15) is 0 Å². The third-order valence-corrected chi connectivity index (χ3v) is 2.40. The summed E-state index contributed by atoms with van der Waals surface area (Å²) < 4.78 is 0. The molecule has 0 saturated heterocycles. The van der Waals surface area contributed by atoms with Crippen molar-refractivity contribution in [2.24, 2.45) is 0 Å². The highest BCUT2D eigenvalue weighted by atomic mass is 35.5. The van der Waals surface area contributed by atoms with E-state index < -0.39 is 0 Å². The van der Waals surface area contributed by atoms with E-state index in [4.69, 9.17) is 5.26 Å². The molecular formula is C12H14ClN3. The van der Waals surface area contributed by atoms with Gasteiger partial charge in [-0.25, -0.2) is 0 Å². The molecule has 0 unspecified atom stereocenters. The molecule has 0 saturated carbocycles. The zero-order chi connectivity index (χ0) is 10.7. The molecule has 0 radical (unpaired) electrons. The van der Waals surface area contributed by atoms with Crippen molar-refractivity contribution in [3.63, 3.8) is 0 Å². The van der Waals surface area contributed by atoms with Gasteiger partial charge >= 0.3 is 0 Å². The fourth-order valence-corrected chi connectivity index (χ4v) is 1.71. The van der Waals surface area contributed by atoms with E-state index in [1.165, 1.54) is 0 Å². The first-order chi connectivity index (χ1) is 7.35. The van der Waals surface area contributed by atoms with Crippen molar-refractivity contribution in [1.29, 1.82) is 5.26 Å². The molecular weight excluding hydrogens is 222 g/mol. The maximum atomic E-state index is 8.64. The van der Waals surface area contributed by atoms with Gasteiger partial charge in [-0.3, -0.25) is 0 Å². The normalized spacial score (nSPS) is 9.50. The van der Waals surface area contributed by atoms with Crippen LogP contribution < -0.4 is 5.32 Å². The molecule has 0 amide bonds. The SMILES string of the molecule is CCNc1c[nH]c2ccc(CC#N)cc12.Cl. The lowest BCUT2D eigenvalue weighted by Crippen LogP contribution is -1.94. The number of nitriles is 1. The lowest BCUT2D eigenvalue weighted by Gasteiger charge is -2.01. The predicted octanol–water partition coefficient (Wildman–Crippen LogP) is 3.09. The minimum absolute atomic E-state index is 0. The van der Waals surface area contributed by atoms with Gasteiger partial charge in [-0.1, -0.05) is 6.07 Å². The van der Waals surface area contributed by atoms with Crippen LogP contribution in [-0.2, 0) is 6.42 Å². The summed E-state index contributed by atoms with van der Waals surface area (Å²) in [5, 5.41) is 13.1. The Morgan fingerprint density at radius 3 is 2.94 bits per heavy atom. The molecule has 2 rings (SSSR count). The van der Waals surface area contributed by atoms with Crippen LogP contribution in [0.2, 0.25) is 0 Å². The van der Waals surface area contributed by atoms with E-state index in [0.717, 1.165) is 28.7 Å². The highest BCUT2D eigenvalue weighted by molar-refractivity contribution is 5.92. The van der Waals surface area contributed by atoms with Crippen molar-refractivity contribution in [3.05, 3.63) is 30.0 Å². The first-order valence-corrected chi connectivity index (χ1v) is 5.06. The molecule has 0 aliphatic rings. The van der Waals surface area contributed by atoms with Crippen LogP contribution in [0.4, 0.5) is 5.69 Å². The maximum Gasteiger partial charge on any atom is 0.0669 e. The summed E-state index contributed by atoms with van der Waals surface area (Å²) in [5.74, 6) is 0. The molecule has 1 heterocycles. The number of nitrogens with one attached hydrogen (secondary N) is 2. The number of H-pyrrole nitrogens is 1. The van der Waals surface area contributed by atoms with Crippen LogP contribution in [0.1, 0.15) is 12.5 Å². The van der Waals surface area contributed by atoms with Crippen molar-refractivity contribution in [2.45, 2.75) is 13.3 Å². The third-order valence-electron chi connectivity index (χ3n) is 2.40. The van der Waals surface area contributed by atoms with Gasteiger partial charge in [-0.2, -0.15) is 5.26 Å². The van der Waals surface area contributed by atoms with Crippen LogP contribution >= 0.6 is 12.4 Å². The lowest BCUT2D eigenvalue weighted by molar-refractivity contribution is 1.22. The van der Waals surface area contributed by atoms with Crippen LogP contribution in [0.25, 0.3) is 10.9 Å². The predicted molar refractivity (Wildman–Crippen MR) is 69.0 cm³/mol. The average Bonchev–Trinajstić information content (AvgIpc) is 2.63. The van der Waals surface area contributed by atoms with Gasteiger partial charge in [0.1, 0.15) is 0 Å². The number of benzene rings is 1. The molecule has 16 heavy (non-hydrogen) atoms. The summed E-state index contributed by atoms with van der Waals surface area (Å²) in [4.78, 5) is 3.20. The van der Waals surface area contributed by atoms with Crippen molar-refractivity contribution in [2.75, 3.05) is 11.9 Å². The molecule has 1 aromatic carbocycles. The summed E-state index contributed by atoms with van der Waals surface area (Å²) in [5.41, 5.74) is 3.27. The Morgan fingerprint density at radius 2 is 2.25 bits per heavy atom. The number of aromatic nitrogens is 1. The second-order valence-corrected chi connectivity index (χ2v) is 3.45. The van der Waals surface area contributed by atoms with Gasteiger partial charge in [0.2, 0.25) is 0 Å². The van der Waals surface area contributed by atoms with E-state index in [1.807, 2.05) is 18.3 Å². The molecule has 0 aliphatic heterocycles. The van der Waals surface area contributed by atoms with Crippen molar-refractivity contribution < 1.29 is 0 Å². The lowest BCUT2D eigenvalue weighted by atomic mass is 10.1. The standard InChI is InChI=1S/C12H13N3.ClH/c1-2-14-12-8-15-11-4-3-9(5-6-13)7-10(11)12;/h3-4,7-8,14-15H,2,5H2,1H3;1H. The second-order valence-electron chi connectivity index (χ2n) is 3.45. The Bertz CT molecular complexity index is 510. The molecule has 3 nitrogen and oxygen atoms in total. The molecule has 2 aromatic rings. The number of fused-ring (bicyclic) bond motifs is 1. The summed E-state index contributed by atoms with van der Waals surface area (Å²) in [6, 6.07) is 8.22. The van der Waals surface area contributed by atoms with Crippen LogP contribution in [0.3, 0.4) is 0 Å². The molecule has 0 spiro atoms. The van der Waals surface area contributed by atoms with Crippen LogP contribution in [-0.4, -0.2) is 11.5 Å². The van der Waals surface area contributed by atoms with E-state index in [2.05, 4.69) is 29.4 Å². The summed E-state index contributed by atoms with van der Waals surface area (Å²) in [6.07, 6.45) is 2.43.